The molecule has 45 heavy (non-hydrogen) atoms. The zero-order chi connectivity index (χ0) is 32.3. The second-order valence-corrected chi connectivity index (χ2v) is 14.3. The molecule has 0 saturated carbocycles. The third-order valence-corrected chi connectivity index (χ3v) is 9.69. The third kappa shape index (κ3) is 7.86. The van der Waals surface area contributed by atoms with Gasteiger partial charge in [0.1, 0.15) is 11.3 Å². The van der Waals surface area contributed by atoms with E-state index in [4.69, 9.17) is 4.98 Å². The summed E-state index contributed by atoms with van der Waals surface area (Å²) in [5.74, 6) is 6.09. The number of carbonyl (C=O) groups excluding carboxylic acids is 3. The van der Waals surface area contributed by atoms with Crippen molar-refractivity contribution >= 4 is 28.4 Å². The van der Waals surface area contributed by atoms with Gasteiger partial charge in [-0.2, -0.15) is 0 Å². The van der Waals surface area contributed by atoms with Crippen LogP contribution in [0.15, 0.2) is 30.3 Å². The zero-order valence-corrected chi connectivity index (χ0v) is 27.6. The highest BCUT2D eigenvalue weighted by Crippen LogP contribution is 2.37. The van der Waals surface area contributed by atoms with Crippen molar-refractivity contribution in [2.75, 3.05) is 20.1 Å². The fraction of sp³-hybridized carbons (Fsp3) is 0.513. The largest absolute Gasteiger partial charge is 0.306 e. The minimum absolute atomic E-state index is 0. The van der Waals surface area contributed by atoms with Crippen molar-refractivity contribution in [1.82, 2.24) is 14.9 Å². The van der Waals surface area contributed by atoms with Crippen molar-refractivity contribution in [3.63, 3.8) is 0 Å². The summed E-state index contributed by atoms with van der Waals surface area (Å²) in [5, 5.41) is 0. The fourth-order valence-corrected chi connectivity index (χ4v) is 6.60. The monoisotopic (exact) mass is 607 g/mol. The van der Waals surface area contributed by atoms with E-state index in [1.165, 1.54) is 5.56 Å². The van der Waals surface area contributed by atoms with Crippen LogP contribution >= 0.6 is 0 Å². The van der Waals surface area contributed by atoms with Gasteiger partial charge in [-0.05, 0) is 97.7 Å². The molecule has 6 nitrogen and oxygen atoms in total. The van der Waals surface area contributed by atoms with E-state index in [1.807, 2.05) is 44.2 Å². The Morgan fingerprint density at radius 3 is 2.62 bits per heavy atom. The maximum atomic E-state index is 13.3. The molecule has 238 valence electrons. The molecule has 0 amide bonds. The Labute approximate surface area is 271 Å². The summed E-state index contributed by atoms with van der Waals surface area (Å²) < 4.78 is 0. The molecule has 1 aliphatic carbocycles. The average molecular weight is 608 g/mol. The van der Waals surface area contributed by atoms with Crippen molar-refractivity contribution in [3.8, 4) is 11.8 Å². The van der Waals surface area contributed by atoms with Crippen molar-refractivity contribution in [2.45, 2.75) is 85.5 Å². The normalized spacial score (nSPS) is 18.1. The van der Waals surface area contributed by atoms with E-state index in [2.05, 4.69) is 61.7 Å². The number of aryl methyl sites for hydroxylation is 1. The number of nitrogens with zero attached hydrogens (tertiary/aromatic N) is 3. The lowest BCUT2D eigenvalue weighted by Gasteiger charge is -2.36. The lowest BCUT2D eigenvalue weighted by atomic mass is 9.71. The summed E-state index contributed by atoms with van der Waals surface area (Å²) in [6.07, 6.45) is 5.42. The Morgan fingerprint density at radius 2 is 1.91 bits per heavy atom. The number of carbonyl (C=O) groups is 3. The second-order valence-electron chi connectivity index (χ2n) is 14.3. The summed E-state index contributed by atoms with van der Waals surface area (Å²) in [6, 6.07) is 15.3. The van der Waals surface area contributed by atoms with Gasteiger partial charge in [-0.1, -0.05) is 58.7 Å². The van der Waals surface area contributed by atoms with Crippen LogP contribution in [0.2, 0.25) is 0 Å². The summed E-state index contributed by atoms with van der Waals surface area (Å²) in [5.41, 5.74) is 5.18. The van der Waals surface area contributed by atoms with E-state index in [0.29, 0.717) is 34.9 Å². The quantitative estimate of drug-likeness (QED) is 0.136. The van der Waals surface area contributed by atoms with Crippen LogP contribution < -0.4 is 0 Å². The molecule has 6 heteroatoms. The average Bonchev–Trinajstić information content (AvgIpc) is 3.01. The van der Waals surface area contributed by atoms with Crippen LogP contribution in [0.4, 0.5) is 0 Å². The van der Waals surface area contributed by atoms with Gasteiger partial charge >= 0.3 is 0 Å². The minimum atomic E-state index is -0.512. The number of benzene rings is 1. The predicted octanol–water partition coefficient (Wildman–Crippen LogP) is 7.37. The van der Waals surface area contributed by atoms with Gasteiger partial charge in [0.15, 0.2) is 11.5 Å². The maximum Gasteiger partial charge on any atom is 0.262 e. The van der Waals surface area contributed by atoms with Gasteiger partial charge < -0.3 is 4.90 Å². The summed E-state index contributed by atoms with van der Waals surface area (Å²) in [7, 11) is 2.12. The molecule has 1 aliphatic heterocycles. The van der Waals surface area contributed by atoms with Crippen LogP contribution in [-0.4, -0.2) is 52.4 Å². The van der Waals surface area contributed by atoms with Gasteiger partial charge in [-0.15, -0.1) is 0 Å². The van der Waals surface area contributed by atoms with Gasteiger partial charge in [-0.25, -0.2) is 9.97 Å². The third-order valence-electron chi connectivity index (χ3n) is 9.69. The topological polar surface area (TPSA) is 80.2 Å². The SMILES string of the molecule is CCC(=O)C[C@@H](C#CC(=O)c1c#cc2nc3c(cc2n1)C[C@@H](C(C)(C)C)CC3)c1cccc(C(=O)C(C)CCC2CN(C)C2)c1.[HH].[HH]. The summed E-state index contributed by atoms with van der Waals surface area (Å²) in [6.45, 7) is 12.8. The molecule has 0 radical (unpaired) electrons. The molecule has 2 aliphatic rings. The number of aromatic nitrogens is 2. The number of ketones is 3. The Morgan fingerprint density at radius 1 is 1.13 bits per heavy atom. The molecule has 3 aromatic rings. The van der Waals surface area contributed by atoms with Crippen LogP contribution in [0.5, 0.6) is 0 Å². The molecule has 2 aromatic heterocycles. The van der Waals surface area contributed by atoms with Gasteiger partial charge in [-0.3, -0.25) is 14.4 Å². The number of pyridine rings is 1. The zero-order valence-electron chi connectivity index (χ0n) is 27.6. The van der Waals surface area contributed by atoms with E-state index in [9.17, 15) is 14.4 Å². The Bertz CT molecular complexity index is 1660. The summed E-state index contributed by atoms with van der Waals surface area (Å²) >= 11 is 0. The van der Waals surface area contributed by atoms with Crippen LogP contribution in [0.3, 0.4) is 0 Å². The molecule has 3 heterocycles. The lowest BCUT2D eigenvalue weighted by molar-refractivity contribution is -0.118. The van der Waals surface area contributed by atoms with E-state index in [1.54, 1.807) is 0 Å². The molecule has 1 unspecified atom stereocenters. The van der Waals surface area contributed by atoms with E-state index in [-0.39, 0.29) is 37.9 Å². The number of likely N-dealkylation sites (tertiary alicyclic amines) is 1. The first kappa shape index (κ1) is 32.5. The summed E-state index contributed by atoms with van der Waals surface area (Å²) in [4.78, 5) is 50.8. The van der Waals surface area contributed by atoms with E-state index in [0.717, 1.165) is 56.5 Å². The van der Waals surface area contributed by atoms with E-state index < -0.39 is 11.7 Å². The molecule has 0 N–H and O–H groups in total. The van der Waals surface area contributed by atoms with Crippen molar-refractivity contribution in [3.05, 3.63) is 70.5 Å². The molecular formula is C39H49N3O3. The molecular weight excluding hydrogens is 558 g/mol. The minimum Gasteiger partial charge on any atom is -0.306 e. The molecule has 0 bridgehead atoms. The highest BCUT2D eigenvalue weighted by molar-refractivity contribution is 6.08. The van der Waals surface area contributed by atoms with Gasteiger partial charge in [0.25, 0.3) is 5.78 Å². The number of hydrogen-bond donors (Lipinski definition) is 0. The maximum absolute atomic E-state index is 13.3. The Kier molecular flexibility index (Phi) is 9.85. The van der Waals surface area contributed by atoms with Gasteiger partial charge in [0, 0.05) is 46.0 Å². The van der Waals surface area contributed by atoms with Crippen LogP contribution in [0.25, 0.3) is 11.0 Å². The first-order valence-corrected chi connectivity index (χ1v) is 16.4. The predicted molar refractivity (Wildman–Crippen MR) is 181 cm³/mol. The first-order valence-electron chi connectivity index (χ1n) is 16.4. The molecule has 1 fully saturated rings. The molecule has 5 rings (SSSR count). The van der Waals surface area contributed by atoms with Gasteiger partial charge in [0.2, 0.25) is 0 Å². The Balaban J connectivity index is 0.00000300. The first-order chi connectivity index (χ1) is 21.4. The standard InChI is InChI=1S/C39H45N3O3.2H2/c1-7-32(43)21-28(27-9-8-10-29(19-27)38(45)25(2)11-12-26-23-42(6)24-26)13-18-37(44)35-17-16-34-36(41-35)22-30-20-31(39(3,4)5)14-15-33(30)40-34;;/h8-10,19,22,25-26,28,31H,7,11-12,14-15,20-21,23-24H2,1-6H3;2*1H/t25?,28-,31+;;/m1../s1. The fourth-order valence-electron chi connectivity index (χ4n) is 6.60. The lowest BCUT2D eigenvalue weighted by Crippen LogP contribution is -2.43. The highest BCUT2D eigenvalue weighted by atomic mass is 16.1. The van der Waals surface area contributed by atoms with Crippen molar-refractivity contribution < 1.29 is 17.2 Å². The second kappa shape index (κ2) is 13.6. The highest BCUT2D eigenvalue weighted by Gasteiger charge is 2.30. The molecule has 1 aromatic carbocycles. The molecule has 0 spiro atoms. The molecule has 1 saturated heterocycles. The smallest absolute Gasteiger partial charge is 0.262 e. The van der Waals surface area contributed by atoms with Crippen LogP contribution in [-0.2, 0) is 17.6 Å². The van der Waals surface area contributed by atoms with Crippen LogP contribution in [0, 0.1) is 47.1 Å². The van der Waals surface area contributed by atoms with Crippen LogP contribution in [0.1, 0.15) is 113 Å². The van der Waals surface area contributed by atoms with E-state index >= 15 is 0 Å². The van der Waals surface area contributed by atoms with Crippen molar-refractivity contribution in [1.29, 1.82) is 0 Å². The number of fused-ring (bicyclic) bond motifs is 2. The Hall–Kier alpha value is -3.87. The number of Topliss-reactive ketones (excluding diaryl/α,β-unsaturated/α-hetero) is 3. The molecule has 3 atom stereocenters. The van der Waals surface area contributed by atoms with Gasteiger partial charge in [0.05, 0.1) is 11.4 Å². The number of hydrogen-bond acceptors (Lipinski definition) is 6. The van der Waals surface area contributed by atoms with Crippen molar-refractivity contribution in [2.24, 2.45) is 23.2 Å². The number of rotatable bonds is 10.